The van der Waals surface area contributed by atoms with Crippen LogP contribution in [0.5, 0.6) is 5.75 Å². The maximum Gasteiger partial charge on any atom is 0.151 e. The molecule has 7 heteroatoms. The van der Waals surface area contributed by atoms with Gasteiger partial charge in [-0.15, -0.1) is 0 Å². The first-order valence-corrected chi connectivity index (χ1v) is 9.30. The summed E-state index contributed by atoms with van der Waals surface area (Å²) in [6.07, 6.45) is 0.714. The lowest BCUT2D eigenvalue weighted by Crippen LogP contribution is -2.35. The van der Waals surface area contributed by atoms with Gasteiger partial charge in [0.25, 0.3) is 0 Å². The molecule has 6 nitrogen and oxygen atoms in total. The third kappa shape index (κ3) is 2.96. The van der Waals surface area contributed by atoms with Crippen LogP contribution >= 0.6 is 0 Å². The van der Waals surface area contributed by atoms with Crippen LogP contribution in [-0.2, 0) is 16.4 Å². The Kier molecular flexibility index (Phi) is 4.10. The lowest BCUT2D eigenvalue weighted by molar-refractivity contribution is 0.213. The van der Waals surface area contributed by atoms with E-state index in [4.69, 9.17) is 4.74 Å². The summed E-state index contributed by atoms with van der Waals surface area (Å²) in [5.74, 6) is 1.35. The Morgan fingerprint density at radius 2 is 2.27 bits per heavy atom. The van der Waals surface area contributed by atoms with Crippen LogP contribution in [-0.4, -0.2) is 54.7 Å². The lowest BCUT2D eigenvalue weighted by atomic mass is 10.1. The van der Waals surface area contributed by atoms with Crippen molar-refractivity contribution >= 4 is 20.7 Å². The average molecular weight is 323 g/mol. The minimum atomic E-state index is -2.87. The molecular formula is C15H21N3O3S. The number of methoxy groups -OCH3 is 1. The van der Waals surface area contributed by atoms with E-state index < -0.39 is 9.84 Å². The Morgan fingerprint density at radius 3 is 2.91 bits per heavy atom. The van der Waals surface area contributed by atoms with Crippen molar-refractivity contribution in [2.45, 2.75) is 25.9 Å². The molecule has 1 aromatic carbocycles. The number of rotatable bonds is 5. The van der Waals surface area contributed by atoms with Crippen molar-refractivity contribution in [3.63, 3.8) is 0 Å². The predicted molar refractivity (Wildman–Crippen MR) is 85.8 cm³/mol. The number of aromatic nitrogens is 2. The molecular weight excluding hydrogens is 302 g/mol. The maximum absolute atomic E-state index is 11.7. The minimum Gasteiger partial charge on any atom is -0.497 e. The number of H-pyrrole nitrogens is 1. The molecule has 0 aliphatic carbocycles. The summed E-state index contributed by atoms with van der Waals surface area (Å²) in [6, 6.07) is 5.87. The van der Waals surface area contributed by atoms with Gasteiger partial charge in [0.15, 0.2) is 9.84 Å². The summed E-state index contributed by atoms with van der Waals surface area (Å²) in [5.41, 5.74) is 1.89. The van der Waals surface area contributed by atoms with E-state index in [1.807, 2.05) is 18.2 Å². The SMILES string of the molecule is CCN(Cc1[nH]nc2ccc(OC)cc12)[C@H]1CCS(=O)(=O)C1. The monoisotopic (exact) mass is 323 g/mol. The fourth-order valence-electron chi connectivity index (χ4n) is 3.06. The van der Waals surface area contributed by atoms with Crippen molar-refractivity contribution in [3.8, 4) is 5.75 Å². The number of aromatic amines is 1. The molecule has 3 rings (SSSR count). The van der Waals surface area contributed by atoms with Gasteiger partial charge >= 0.3 is 0 Å². The largest absolute Gasteiger partial charge is 0.497 e. The van der Waals surface area contributed by atoms with Gasteiger partial charge in [-0.25, -0.2) is 8.42 Å². The normalized spacial score (nSPS) is 20.8. The standard InChI is InChI=1S/C15H21N3O3S/c1-3-18(11-6-7-22(19,20)10-11)9-15-13-8-12(21-2)4-5-14(13)16-17-15/h4-5,8,11H,3,6-7,9-10H2,1-2H3,(H,16,17)/t11-/m0/s1. The van der Waals surface area contributed by atoms with Crippen LogP contribution in [0.2, 0.25) is 0 Å². The fraction of sp³-hybridized carbons (Fsp3) is 0.533. The van der Waals surface area contributed by atoms with E-state index in [0.717, 1.165) is 28.9 Å². The first-order valence-electron chi connectivity index (χ1n) is 7.48. The van der Waals surface area contributed by atoms with E-state index >= 15 is 0 Å². The third-order valence-corrected chi connectivity index (χ3v) is 6.08. The summed E-state index contributed by atoms with van der Waals surface area (Å²) < 4.78 is 28.7. The summed E-state index contributed by atoms with van der Waals surface area (Å²) >= 11 is 0. The molecule has 0 amide bonds. The second kappa shape index (κ2) is 5.89. The van der Waals surface area contributed by atoms with Gasteiger partial charge in [0.1, 0.15) is 5.75 Å². The summed E-state index contributed by atoms with van der Waals surface area (Å²) in [5, 5.41) is 8.42. The van der Waals surface area contributed by atoms with Crippen molar-refractivity contribution < 1.29 is 13.2 Å². The summed E-state index contributed by atoms with van der Waals surface area (Å²) in [7, 11) is -1.23. The van der Waals surface area contributed by atoms with E-state index in [1.54, 1.807) is 7.11 Å². The molecule has 0 radical (unpaired) electrons. The van der Waals surface area contributed by atoms with Crippen LogP contribution in [0.3, 0.4) is 0 Å². The van der Waals surface area contributed by atoms with E-state index in [1.165, 1.54) is 0 Å². The van der Waals surface area contributed by atoms with E-state index in [2.05, 4.69) is 22.0 Å². The Hall–Kier alpha value is -1.60. The molecule has 0 unspecified atom stereocenters. The highest BCUT2D eigenvalue weighted by Gasteiger charge is 2.31. The quantitative estimate of drug-likeness (QED) is 0.904. The molecule has 2 aromatic rings. The average Bonchev–Trinajstić information content (AvgIpc) is 3.07. The van der Waals surface area contributed by atoms with E-state index in [0.29, 0.717) is 18.7 Å². The zero-order chi connectivity index (χ0) is 15.7. The second-order valence-electron chi connectivity index (χ2n) is 5.71. The lowest BCUT2D eigenvalue weighted by Gasteiger charge is -2.25. The van der Waals surface area contributed by atoms with Crippen molar-refractivity contribution in [1.29, 1.82) is 0 Å². The van der Waals surface area contributed by atoms with Crippen LogP contribution in [0.1, 0.15) is 19.0 Å². The molecule has 0 spiro atoms. The van der Waals surface area contributed by atoms with Gasteiger partial charge in [0.05, 0.1) is 29.8 Å². The van der Waals surface area contributed by atoms with Crippen molar-refractivity contribution in [1.82, 2.24) is 15.1 Å². The molecule has 1 fully saturated rings. The van der Waals surface area contributed by atoms with Crippen LogP contribution < -0.4 is 4.74 Å². The second-order valence-corrected chi connectivity index (χ2v) is 7.93. The number of benzene rings is 1. The van der Waals surface area contributed by atoms with Crippen molar-refractivity contribution in [2.24, 2.45) is 0 Å². The van der Waals surface area contributed by atoms with Gasteiger partial charge in [0.2, 0.25) is 0 Å². The third-order valence-electron chi connectivity index (χ3n) is 4.33. The molecule has 0 bridgehead atoms. The van der Waals surface area contributed by atoms with Crippen LogP contribution in [0.25, 0.3) is 10.9 Å². The topological polar surface area (TPSA) is 75.3 Å². The highest BCUT2D eigenvalue weighted by atomic mass is 32.2. The van der Waals surface area contributed by atoms with Gasteiger partial charge in [-0.3, -0.25) is 10.00 Å². The zero-order valence-corrected chi connectivity index (χ0v) is 13.7. The number of hydrogen-bond donors (Lipinski definition) is 1. The van der Waals surface area contributed by atoms with Gasteiger partial charge in [-0.05, 0) is 31.2 Å². The number of sulfone groups is 1. The summed E-state index contributed by atoms with van der Waals surface area (Å²) in [4.78, 5) is 2.21. The summed E-state index contributed by atoms with van der Waals surface area (Å²) in [6.45, 7) is 3.54. The molecule has 1 aliphatic rings. The van der Waals surface area contributed by atoms with Crippen LogP contribution in [0.4, 0.5) is 0 Å². The fourth-order valence-corrected chi connectivity index (χ4v) is 4.82. The minimum absolute atomic E-state index is 0.0963. The molecule has 120 valence electrons. The molecule has 1 atom stereocenters. The van der Waals surface area contributed by atoms with Crippen molar-refractivity contribution in [2.75, 3.05) is 25.2 Å². The van der Waals surface area contributed by atoms with Gasteiger partial charge < -0.3 is 4.74 Å². The zero-order valence-electron chi connectivity index (χ0n) is 12.9. The molecule has 2 heterocycles. The predicted octanol–water partition coefficient (Wildman–Crippen LogP) is 1.58. The molecule has 1 aliphatic heterocycles. The Labute approximate surface area is 130 Å². The molecule has 1 aromatic heterocycles. The van der Waals surface area contributed by atoms with E-state index in [-0.39, 0.29) is 11.8 Å². The van der Waals surface area contributed by atoms with Crippen LogP contribution in [0.15, 0.2) is 18.2 Å². The van der Waals surface area contributed by atoms with E-state index in [9.17, 15) is 8.42 Å². The molecule has 0 saturated carbocycles. The van der Waals surface area contributed by atoms with Crippen LogP contribution in [0, 0.1) is 0 Å². The Balaban J connectivity index is 1.85. The smallest absolute Gasteiger partial charge is 0.151 e. The number of hydrogen-bond acceptors (Lipinski definition) is 5. The number of ether oxygens (including phenoxy) is 1. The first-order chi connectivity index (χ1) is 10.5. The highest BCUT2D eigenvalue weighted by Crippen LogP contribution is 2.25. The number of nitrogens with zero attached hydrogens (tertiary/aromatic N) is 2. The van der Waals surface area contributed by atoms with Gasteiger partial charge in [-0.1, -0.05) is 6.92 Å². The maximum atomic E-state index is 11.7. The Morgan fingerprint density at radius 1 is 1.45 bits per heavy atom. The first kappa shape index (κ1) is 15.3. The molecule has 1 saturated heterocycles. The number of fused-ring (bicyclic) bond motifs is 1. The molecule has 22 heavy (non-hydrogen) atoms. The number of nitrogens with one attached hydrogen (secondary N) is 1. The van der Waals surface area contributed by atoms with Gasteiger partial charge in [0, 0.05) is 18.0 Å². The van der Waals surface area contributed by atoms with Gasteiger partial charge in [-0.2, -0.15) is 5.10 Å². The molecule has 1 N–H and O–H groups in total. The van der Waals surface area contributed by atoms with Crippen molar-refractivity contribution in [3.05, 3.63) is 23.9 Å². The Bertz CT molecular complexity index is 769. The highest BCUT2D eigenvalue weighted by molar-refractivity contribution is 7.91.